The molecule has 7 heteroatoms. The van der Waals surface area contributed by atoms with Gasteiger partial charge in [-0.25, -0.2) is 9.78 Å². The van der Waals surface area contributed by atoms with Crippen LogP contribution in [0.15, 0.2) is 41.6 Å². The largest absolute Gasteiger partial charge is 0.478 e. The fraction of sp³-hybridized carbons (Fsp3) is 0.294. The average molecular weight is 327 g/mol. The van der Waals surface area contributed by atoms with Crippen molar-refractivity contribution in [1.29, 1.82) is 0 Å². The molecule has 1 aromatic heterocycles. The fourth-order valence-corrected chi connectivity index (χ4v) is 3.03. The number of amides is 1. The number of H-pyrrole nitrogens is 1. The number of rotatable bonds is 3. The lowest BCUT2D eigenvalue weighted by Crippen LogP contribution is -2.41. The van der Waals surface area contributed by atoms with E-state index in [9.17, 15) is 14.4 Å². The third-order valence-corrected chi connectivity index (χ3v) is 4.26. The molecule has 1 atom stereocenters. The Labute approximate surface area is 138 Å². The number of piperidine rings is 1. The molecule has 0 aliphatic carbocycles. The van der Waals surface area contributed by atoms with Crippen molar-refractivity contribution in [3.8, 4) is 0 Å². The van der Waals surface area contributed by atoms with E-state index < -0.39 is 11.5 Å². The van der Waals surface area contributed by atoms with Crippen LogP contribution in [0.3, 0.4) is 0 Å². The van der Waals surface area contributed by atoms with Crippen molar-refractivity contribution in [2.24, 2.45) is 0 Å². The van der Waals surface area contributed by atoms with Crippen LogP contribution in [0.5, 0.6) is 0 Å². The van der Waals surface area contributed by atoms with Crippen molar-refractivity contribution < 1.29 is 14.7 Å². The summed E-state index contributed by atoms with van der Waals surface area (Å²) in [4.78, 5) is 43.3. The van der Waals surface area contributed by atoms with Gasteiger partial charge in [0.15, 0.2) is 0 Å². The number of aromatic nitrogens is 2. The van der Waals surface area contributed by atoms with Crippen LogP contribution in [0.25, 0.3) is 0 Å². The normalized spacial score (nSPS) is 17.5. The number of nitrogens with zero attached hydrogens (tertiary/aromatic N) is 2. The van der Waals surface area contributed by atoms with E-state index in [2.05, 4.69) is 9.97 Å². The predicted octanol–water partition coefficient (Wildman–Crippen LogP) is 1.49. The number of aromatic carboxylic acids is 1. The van der Waals surface area contributed by atoms with E-state index in [4.69, 9.17) is 5.11 Å². The maximum atomic E-state index is 12.5. The van der Waals surface area contributed by atoms with Crippen LogP contribution in [0.4, 0.5) is 0 Å². The molecular formula is C17H17N3O4. The van der Waals surface area contributed by atoms with E-state index in [-0.39, 0.29) is 23.0 Å². The van der Waals surface area contributed by atoms with Crippen molar-refractivity contribution >= 4 is 11.9 Å². The lowest BCUT2D eigenvalue weighted by molar-refractivity contribution is 0.0687. The molecular weight excluding hydrogens is 310 g/mol. The van der Waals surface area contributed by atoms with E-state index in [1.54, 1.807) is 23.1 Å². The standard InChI is InChI=1S/C17H17N3O4/c21-15-14(8-18-10-19-15)16(22)20-6-2-5-13(9-20)11-3-1-4-12(7-11)17(23)24/h1,3-4,7-8,10,13H,2,5-6,9H2,(H,23,24)(H,18,19,21)/t13-/m0/s1. The minimum absolute atomic E-state index is 0.0254. The van der Waals surface area contributed by atoms with Gasteiger partial charge in [0.1, 0.15) is 5.56 Å². The van der Waals surface area contributed by atoms with Gasteiger partial charge in [-0.1, -0.05) is 12.1 Å². The van der Waals surface area contributed by atoms with Gasteiger partial charge in [0.25, 0.3) is 11.5 Å². The van der Waals surface area contributed by atoms with Gasteiger partial charge >= 0.3 is 5.97 Å². The van der Waals surface area contributed by atoms with Gasteiger partial charge in [-0.05, 0) is 30.5 Å². The van der Waals surface area contributed by atoms with Crippen LogP contribution in [-0.4, -0.2) is 44.9 Å². The van der Waals surface area contributed by atoms with Gasteiger partial charge in [0.05, 0.1) is 11.9 Å². The topological polar surface area (TPSA) is 103 Å². The zero-order valence-corrected chi connectivity index (χ0v) is 12.9. The second kappa shape index (κ2) is 6.66. The zero-order chi connectivity index (χ0) is 17.1. The van der Waals surface area contributed by atoms with Gasteiger partial charge in [-0.15, -0.1) is 0 Å². The Balaban J connectivity index is 1.81. The molecule has 1 saturated heterocycles. The maximum Gasteiger partial charge on any atom is 0.335 e. The molecule has 1 fully saturated rings. The summed E-state index contributed by atoms with van der Waals surface area (Å²) in [5.41, 5.74) is 0.703. The summed E-state index contributed by atoms with van der Waals surface area (Å²) in [7, 11) is 0. The van der Waals surface area contributed by atoms with E-state index >= 15 is 0 Å². The molecule has 0 radical (unpaired) electrons. The second-order valence-corrected chi connectivity index (χ2v) is 5.82. The number of carboxylic acid groups (broad SMARTS) is 1. The minimum Gasteiger partial charge on any atom is -0.478 e. The van der Waals surface area contributed by atoms with Crippen LogP contribution in [0, 0.1) is 0 Å². The second-order valence-electron chi connectivity index (χ2n) is 5.82. The lowest BCUT2D eigenvalue weighted by Gasteiger charge is -2.33. The molecule has 7 nitrogen and oxygen atoms in total. The molecule has 2 heterocycles. The number of carboxylic acids is 1. The Kier molecular flexibility index (Phi) is 4.41. The Morgan fingerprint density at radius 1 is 1.33 bits per heavy atom. The maximum absolute atomic E-state index is 12.5. The number of nitrogens with one attached hydrogen (secondary N) is 1. The zero-order valence-electron chi connectivity index (χ0n) is 12.9. The molecule has 0 unspecified atom stereocenters. The molecule has 1 aromatic carbocycles. The van der Waals surface area contributed by atoms with Crippen molar-refractivity contribution in [3.63, 3.8) is 0 Å². The highest BCUT2D eigenvalue weighted by molar-refractivity contribution is 5.93. The van der Waals surface area contributed by atoms with Gasteiger partial charge in [-0.2, -0.15) is 0 Å². The van der Waals surface area contributed by atoms with Crippen LogP contribution in [0.2, 0.25) is 0 Å². The molecule has 124 valence electrons. The summed E-state index contributed by atoms with van der Waals surface area (Å²) in [6.07, 6.45) is 4.19. The van der Waals surface area contributed by atoms with E-state index in [1.807, 2.05) is 6.07 Å². The number of hydrogen-bond donors (Lipinski definition) is 2. The average Bonchev–Trinajstić information content (AvgIpc) is 2.62. The molecule has 0 saturated carbocycles. The Morgan fingerprint density at radius 2 is 2.17 bits per heavy atom. The summed E-state index contributed by atoms with van der Waals surface area (Å²) in [6.45, 7) is 1.03. The molecule has 24 heavy (non-hydrogen) atoms. The predicted molar refractivity (Wildman–Crippen MR) is 86.1 cm³/mol. The number of carbonyl (C=O) groups is 2. The lowest BCUT2D eigenvalue weighted by atomic mass is 9.89. The van der Waals surface area contributed by atoms with Crippen LogP contribution >= 0.6 is 0 Å². The quantitative estimate of drug-likeness (QED) is 0.889. The molecule has 0 bridgehead atoms. The first-order chi connectivity index (χ1) is 11.6. The molecule has 1 aliphatic rings. The van der Waals surface area contributed by atoms with Gasteiger partial charge < -0.3 is 15.0 Å². The summed E-state index contributed by atoms with van der Waals surface area (Å²) < 4.78 is 0. The molecule has 1 amide bonds. The Bertz CT molecular complexity index is 830. The summed E-state index contributed by atoms with van der Waals surface area (Å²) >= 11 is 0. The fourth-order valence-electron chi connectivity index (χ4n) is 3.03. The smallest absolute Gasteiger partial charge is 0.335 e. The highest BCUT2D eigenvalue weighted by atomic mass is 16.4. The number of benzene rings is 1. The number of aromatic amines is 1. The van der Waals surface area contributed by atoms with Crippen molar-refractivity contribution in [2.75, 3.05) is 13.1 Å². The monoisotopic (exact) mass is 327 g/mol. The van der Waals surface area contributed by atoms with Crippen LogP contribution < -0.4 is 5.56 Å². The van der Waals surface area contributed by atoms with Crippen LogP contribution in [0.1, 0.15) is 45.0 Å². The number of carbonyl (C=O) groups excluding carboxylic acids is 1. The van der Waals surface area contributed by atoms with E-state index in [0.717, 1.165) is 18.4 Å². The highest BCUT2D eigenvalue weighted by Crippen LogP contribution is 2.28. The Hall–Kier alpha value is -2.96. The highest BCUT2D eigenvalue weighted by Gasteiger charge is 2.27. The molecule has 2 N–H and O–H groups in total. The summed E-state index contributed by atoms with van der Waals surface area (Å²) in [5.74, 6) is -1.26. The molecule has 3 rings (SSSR count). The first kappa shape index (κ1) is 15.9. The summed E-state index contributed by atoms with van der Waals surface area (Å²) in [6, 6.07) is 6.79. The molecule has 0 spiro atoms. The third kappa shape index (κ3) is 3.19. The first-order valence-electron chi connectivity index (χ1n) is 7.71. The third-order valence-electron chi connectivity index (χ3n) is 4.26. The first-order valence-corrected chi connectivity index (χ1v) is 7.71. The number of likely N-dealkylation sites (tertiary alicyclic amines) is 1. The molecule has 1 aliphatic heterocycles. The van der Waals surface area contributed by atoms with Crippen LogP contribution in [-0.2, 0) is 0 Å². The van der Waals surface area contributed by atoms with Gasteiger partial charge in [-0.3, -0.25) is 9.59 Å². The summed E-state index contributed by atoms with van der Waals surface area (Å²) in [5, 5.41) is 9.12. The van der Waals surface area contributed by atoms with E-state index in [0.29, 0.717) is 13.1 Å². The Morgan fingerprint density at radius 3 is 2.92 bits per heavy atom. The minimum atomic E-state index is -0.970. The van der Waals surface area contributed by atoms with Crippen molar-refractivity contribution in [3.05, 3.63) is 63.8 Å². The molecule has 2 aromatic rings. The van der Waals surface area contributed by atoms with Crippen molar-refractivity contribution in [2.45, 2.75) is 18.8 Å². The SMILES string of the molecule is O=C(O)c1cccc([C@H]2CCCN(C(=O)c3cnc[nH]c3=O)C2)c1. The van der Waals surface area contributed by atoms with Crippen molar-refractivity contribution in [1.82, 2.24) is 14.9 Å². The number of hydrogen-bond acceptors (Lipinski definition) is 4. The van der Waals surface area contributed by atoms with E-state index in [1.165, 1.54) is 12.5 Å². The van der Waals surface area contributed by atoms with Gasteiger partial charge in [0, 0.05) is 25.2 Å². The van der Waals surface area contributed by atoms with Gasteiger partial charge in [0.2, 0.25) is 0 Å².